The summed E-state index contributed by atoms with van der Waals surface area (Å²) in [6.45, 7) is 4.00. The maximum atomic E-state index is 16.5. The van der Waals surface area contributed by atoms with Gasteiger partial charge in [0.25, 0.3) is 0 Å². The van der Waals surface area contributed by atoms with Crippen LogP contribution in [0.15, 0.2) is 0 Å². The number of amides is 1. The number of alkyl halides is 1. The van der Waals surface area contributed by atoms with E-state index in [-0.39, 0.29) is 32.5 Å². The van der Waals surface area contributed by atoms with Crippen molar-refractivity contribution in [2.75, 3.05) is 59.0 Å². The van der Waals surface area contributed by atoms with Crippen LogP contribution in [-0.2, 0) is 28.5 Å². The van der Waals surface area contributed by atoms with Crippen molar-refractivity contribution in [2.45, 2.75) is 111 Å². The van der Waals surface area contributed by atoms with E-state index in [9.17, 15) is 35.4 Å². The number of nitrogens with one attached hydrogen (secondary N) is 2. The minimum atomic E-state index is -2.19. The zero-order chi connectivity index (χ0) is 35.1. The minimum absolute atomic E-state index is 0.00139. The smallest absolute Gasteiger partial charge is 0.249 e. The molecular formula is C28H54FN7O12. The number of nitrogens with two attached hydrogens (primary N) is 4. The number of rotatable bonds is 14. The summed E-state index contributed by atoms with van der Waals surface area (Å²) in [5, 5.41) is 68.5. The molecule has 16 atom stereocenters. The van der Waals surface area contributed by atoms with E-state index in [1.54, 1.807) is 0 Å². The van der Waals surface area contributed by atoms with E-state index in [1.807, 2.05) is 0 Å². The Balaban J connectivity index is 1.48. The average molecular weight is 700 g/mol. The molecule has 0 spiro atoms. The topological polar surface area (TPSA) is 316 Å². The van der Waals surface area contributed by atoms with Gasteiger partial charge in [-0.25, -0.2) is 4.39 Å². The molecule has 0 aromatic carbocycles. The lowest BCUT2D eigenvalue weighted by atomic mass is 9.84. The van der Waals surface area contributed by atoms with Gasteiger partial charge < -0.3 is 87.9 Å². The summed E-state index contributed by atoms with van der Waals surface area (Å²) >= 11 is 0. The van der Waals surface area contributed by atoms with E-state index >= 15 is 4.39 Å². The molecule has 48 heavy (non-hydrogen) atoms. The van der Waals surface area contributed by atoms with Gasteiger partial charge >= 0.3 is 0 Å². The third kappa shape index (κ3) is 9.53. The lowest BCUT2D eigenvalue weighted by Gasteiger charge is -2.48. The van der Waals surface area contributed by atoms with E-state index in [2.05, 4.69) is 15.5 Å². The van der Waals surface area contributed by atoms with E-state index < -0.39 is 104 Å². The molecule has 4 fully saturated rings. The summed E-state index contributed by atoms with van der Waals surface area (Å²) in [6, 6.07) is -3.60. The summed E-state index contributed by atoms with van der Waals surface area (Å²) in [4.78, 5) is 15.0. The molecule has 19 nitrogen and oxygen atoms in total. The van der Waals surface area contributed by atoms with Gasteiger partial charge in [-0.2, -0.15) is 0 Å². The third-order valence-electron chi connectivity index (χ3n) is 9.34. The van der Waals surface area contributed by atoms with Crippen LogP contribution >= 0.6 is 0 Å². The van der Waals surface area contributed by atoms with Crippen LogP contribution in [0.25, 0.3) is 0 Å². The number of nitrogens with zero attached hydrogens (tertiary/aromatic N) is 1. The molecule has 0 aromatic heterocycles. The lowest BCUT2D eigenvalue weighted by molar-refractivity contribution is -0.326. The van der Waals surface area contributed by atoms with Gasteiger partial charge in [-0.05, 0) is 19.4 Å². The Morgan fingerprint density at radius 1 is 0.917 bits per heavy atom. The van der Waals surface area contributed by atoms with Crippen LogP contribution in [0.1, 0.15) is 12.8 Å². The van der Waals surface area contributed by atoms with Crippen LogP contribution in [-0.4, -0.2) is 198 Å². The van der Waals surface area contributed by atoms with Gasteiger partial charge in [-0.3, -0.25) is 9.69 Å². The molecule has 1 amide bonds. The number of aliphatic hydroxyl groups excluding tert-OH is 6. The van der Waals surface area contributed by atoms with Crippen LogP contribution in [0.5, 0.6) is 0 Å². The zero-order valence-corrected chi connectivity index (χ0v) is 26.8. The first-order chi connectivity index (χ1) is 22.9. The van der Waals surface area contributed by atoms with Crippen molar-refractivity contribution in [3.05, 3.63) is 0 Å². The molecule has 3 aliphatic heterocycles. The number of hydrogen-bond acceptors (Lipinski definition) is 18. The van der Waals surface area contributed by atoms with Crippen molar-refractivity contribution in [1.82, 2.24) is 15.5 Å². The van der Waals surface area contributed by atoms with Crippen LogP contribution in [0, 0.1) is 0 Å². The predicted molar refractivity (Wildman–Crippen MR) is 163 cm³/mol. The van der Waals surface area contributed by atoms with Gasteiger partial charge in [0.2, 0.25) is 5.91 Å². The van der Waals surface area contributed by atoms with Gasteiger partial charge in [-0.15, -0.1) is 0 Å². The fraction of sp³-hybridized carbons (Fsp3) is 0.964. The number of morpholine rings is 1. The first kappa shape index (κ1) is 39.5. The van der Waals surface area contributed by atoms with Crippen molar-refractivity contribution >= 4 is 5.91 Å². The van der Waals surface area contributed by atoms with E-state index in [0.29, 0.717) is 26.3 Å². The molecule has 4 rings (SSSR count). The molecule has 0 aromatic rings. The first-order valence-electron chi connectivity index (χ1n) is 16.4. The molecule has 16 N–H and O–H groups in total. The summed E-state index contributed by atoms with van der Waals surface area (Å²) in [6.07, 6.45) is -20.5. The molecule has 20 heteroatoms. The largest absolute Gasteiger partial charge is 0.389 e. The van der Waals surface area contributed by atoms with Crippen molar-refractivity contribution in [1.29, 1.82) is 0 Å². The standard InChI is InChI=1S/C28H54FN7O12/c29-17-24(47-28-23(42)22(41)20(39)15(10-31)45-28)12(32)9-13(35-26(43)14(37)1-2-30)25(17)48-27-21(40)18(33)19(38)16(46-27)11-34-3-4-36-5-7-44-8-6-36/h12-25,27-28,34,37-42H,1-11,30-33H2,(H,35,43)/t12-,13-,14+,15-,16+,17+,18-,19+,20-,21+,22+,23-,24-,25-,27+,28+/m1/s1. The van der Waals surface area contributed by atoms with Crippen LogP contribution in [0.3, 0.4) is 0 Å². The Hall–Kier alpha value is -1.28. The number of aliphatic hydroxyl groups is 6. The fourth-order valence-electron chi connectivity index (χ4n) is 6.35. The lowest BCUT2D eigenvalue weighted by Crippen LogP contribution is -2.69. The van der Waals surface area contributed by atoms with Crippen LogP contribution in [0.2, 0.25) is 0 Å². The molecule has 4 aliphatic rings. The molecule has 1 saturated carbocycles. The van der Waals surface area contributed by atoms with Gasteiger partial charge in [0.1, 0.15) is 54.9 Å². The summed E-state index contributed by atoms with van der Waals surface area (Å²) in [5.41, 5.74) is 23.5. The molecule has 280 valence electrons. The number of hydrogen-bond donors (Lipinski definition) is 12. The third-order valence-corrected chi connectivity index (χ3v) is 9.34. The quantitative estimate of drug-likeness (QED) is 0.0749. The summed E-state index contributed by atoms with van der Waals surface area (Å²) < 4.78 is 45.0. The van der Waals surface area contributed by atoms with Crippen LogP contribution in [0.4, 0.5) is 4.39 Å². The van der Waals surface area contributed by atoms with Gasteiger partial charge in [-0.1, -0.05) is 0 Å². The van der Waals surface area contributed by atoms with Crippen molar-refractivity contribution in [2.24, 2.45) is 22.9 Å². The Labute approximate surface area is 277 Å². The van der Waals surface area contributed by atoms with Gasteiger partial charge in [0.05, 0.1) is 31.4 Å². The monoisotopic (exact) mass is 699 g/mol. The second-order valence-corrected chi connectivity index (χ2v) is 12.8. The van der Waals surface area contributed by atoms with Gasteiger partial charge in [0.15, 0.2) is 18.8 Å². The van der Waals surface area contributed by atoms with E-state index in [1.165, 1.54) is 0 Å². The highest BCUT2D eigenvalue weighted by atomic mass is 19.1. The molecule has 0 bridgehead atoms. The Bertz CT molecular complexity index is 993. The molecule has 1 aliphatic carbocycles. The first-order valence-corrected chi connectivity index (χ1v) is 16.4. The highest BCUT2D eigenvalue weighted by Crippen LogP contribution is 2.33. The van der Waals surface area contributed by atoms with Crippen molar-refractivity contribution < 1.29 is 63.5 Å². The average Bonchev–Trinajstić information content (AvgIpc) is 3.07. The van der Waals surface area contributed by atoms with E-state index in [4.69, 9.17) is 46.6 Å². The summed E-state index contributed by atoms with van der Waals surface area (Å²) in [7, 11) is 0. The fourth-order valence-corrected chi connectivity index (χ4v) is 6.35. The predicted octanol–water partition coefficient (Wildman–Crippen LogP) is -7.52. The maximum Gasteiger partial charge on any atom is 0.249 e. The van der Waals surface area contributed by atoms with Crippen LogP contribution < -0.4 is 33.6 Å². The number of ether oxygens (including phenoxy) is 5. The maximum absolute atomic E-state index is 16.5. The summed E-state index contributed by atoms with van der Waals surface area (Å²) in [5.74, 6) is -0.869. The number of halogens is 1. The number of carbonyl (C=O) groups is 1. The Morgan fingerprint density at radius 2 is 1.56 bits per heavy atom. The molecule has 3 saturated heterocycles. The van der Waals surface area contributed by atoms with E-state index in [0.717, 1.165) is 13.1 Å². The number of carbonyl (C=O) groups excluding carboxylic acids is 1. The molecular weight excluding hydrogens is 645 g/mol. The SMILES string of the molecule is NCC[C@H](O)C(=O)N[C@@H]1C[C@@H](N)[C@@H](O[C@@H]2O[C@H](CN)[C@@H](O)[C@H](O)[C@H]2O)[C@H](F)[C@@H]1O[C@@H]1O[C@@H](CNCCN2CCOCC2)[C@H](O)[C@@H](N)[C@@H]1O. The van der Waals surface area contributed by atoms with Gasteiger partial charge in [0, 0.05) is 45.3 Å². The Morgan fingerprint density at radius 3 is 2.23 bits per heavy atom. The second kappa shape index (κ2) is 18.3. The highest BCUT2D eigenvalue weighted by molar-refractivity contribution is 5.80. The Kier molecular flexibility index (Phi) is 15.0. The molecule has 0 radical (unpaired) electrons. The van der Waals surface area contributed by atoms with Crippen molar-refractivity contribution in [3.8, 4) is 0 Å². The normalized spacial score (nSPS) is 43.5. The molecule has 0 unspecified atom stereocenters. The second-order valence-electron chi connectivity index (χ2n) is 12.8. The zero-order valence-electron chi connectivity index (χ0n) is 26.8. The highest BCUT2D eigenvalue weighted by Gasteiger charge is 2.53. The van der Waals surface area contributed by atoms with Crippen molar-refractivity contribution in [3.63, 3.8) is 0 Å². The minimum Gasteiger partial charge on any atom is -0.389 e. The molecule has 3 heterocycles.